The molecule has 0 aliphatic rings. The van der Waals surface area contributed by atoms with Gasteiger partial charge < -0.3 is 14.8 Å². The van der Waals surface area contributed by atoms with Crippen molar-refractivity contribution in [1.82, 2.24) is 4.98 Å². The number of rotatable bonds is 6. The van der Waals surface area contributed by atoms with Crippen molar-refractivity contribution in [3.8, 4) is 0 Å². The maximum atomic E-state index is 11.5. The van der Waals surface area contributed by atoms with Gasteiger partial charge in [0, 0.05) is 6.42 Å². The van der Waals surface area contributed by atoms with E-state index in [1.807, 2.05) is 0 Å². The molecule has 0 aromatic carbocycles. The number of hydrogen-bond donors (Lipinski definition) is 1. The van der Waals surface area contributed by atoms with Crippen molar-refractivity contribution in [1.29, 1.82) is 0 Å². The zero-order valence-electron chi connectivity index (χ0n) is 10.3. The molecule has 1 heterocycles. The third-order valence-electron chi connectivity index (χ3n) is 2.01. The minimum Gasteiger partial charge on any atom is -0.658 e. The summed E-state index contributed by atoms with van der Waals surface area (Å²) in [7, 11) is 0. The summed E-state index contributed by atoms with van der Waals surface area (Å²) in [5, 5.41) is 8.43. The first-order valence-corrected chi connectivity index (χ1v) is 5.09. The first kappa shape index (κ1) is 16.5. The van der Waals surface area contributed by atoms with Gasteiger partial charge in [-0.3, -0.25) is 9.59 Å². The van der Waals surface area contributed by atoms with Gasteiger partial charge in [-0.05, 0) is 18.2 Å². The molecule has 0 aliphatic heterocycles. The number of ether oxygens (including phenoxy) is 1. The van der Waals surface area contributed by atoms with Crippen LogP contribution in [0.3, 0.4) is 0 Å². The second-order valence-electron chi connectivity index (χ2n) is 3.28. The second-order valence-corrected chi connectivity index (χ2v) is 3.28. The number of hydrogen-bond acceptors (Lipinski definition) is 4. The van der Waals surface area contributed by atoms with Crippen LogP contribution in [0.4, 0.5) is 0 Å². The topological polar surface area (TPSA) is 94.8 Å². The first-order valence-electron chi connectivity index (χ1n) is 5.09. The maximum Gasteiger partial charge on any atom is 1.00 e. The Morgan fingerprint density at radius 3 is 2.56 bits per heavy atom. The Labute approximate surface area is 116 Å². The summed E-state index contributed by atoms with van der Waals surface area (Å²) in [5.41, 5.74) is 0.292. The zero-order chi connectivity index (χ0) is 12.8. The number of aromatic nitrogens is 1. The van der Waals surface area contributed by atoms with E-state index < -0.39 is 11.9 Å². The molecule has 0 unspecified atom stereocenters. The van der Waals surface area contributed by atoms with Gasteiger partial charge in [-0.2, -0.15) is 6.20 Å². The van der Waals surface area contributed by atoms with E-state index in [1.165, 1.54) is 12.3 Å². The average Bonchev–Trinajstić information content (AvgIpc) is 2.75. The van der Waals surface area contributed by atoms with Crippen LogP contribution in [0.1, 0.15) is 40.6 Å². The van der Waals surface area contributed by atoms with Crippen molar-refractivity contribution in [3.05, 3.63) is 23.5 Å². The van der Waals surface area contributed by atoms with Gasteiger partial charge in [0.15, 0.2) is 5.78 Å². The molecule has 0 spiro atoms. The summed E-state index contributed by atoms with van der Waals surface area (Å²) >= 11 is 0. The van der Waals surface area contributed by atoms with Gasteiger partial charge in [0.2, 0.25) is 0 Å². The van der Waals surface area contributed by atoms with Gasteiger partial charge >= 0.3 is 30.8 Å². The van der Waals surface area contributed by atoms with Gasteiger partial charge in [-0.15, -0.1) is 0 Å². The van der Waals surface area contributed by atoms with Crippen LogP contribution in [0.2, 0.25) is 0 Å². The molecule has 0 atom stereocenters. The Bertz CT molecular complexity index is 440. The fourth-order valence-corrected chi connectivity index (χ4v) is 1.19. The molecule has 0 bridgehead atoms. The van der Waals surface area contributed by atoms with Crippen LogP contribution in [0.25, 0.3) is 0 Å². The third-order valence-corrected chi connectivity index (χ3v) is 2.01. The number of Topliss-reactive ketones (excluding diaryl/α,β-unsaturated/α-hetero) is 1. The molecule has 0 saturated carbocycles. The smallest absolute Gasteiger partial charge is 0.658 e. The average molecular weight is 245 g/mol. The van der Waals surface area contributed by atoms with Gasteiger partial charge in [0.25, 0.3) is 0 Å². The van der Waals surface area contributed by atoms with Crippen molar-refractivity contribution in [3.63, 3.8) is 0 Å². The van der Waals surface area contributed by atoms with Crippen LogP contribution in [0.15, 0.2) is 12.3 Å². The molecule has 92 valence electrons. The molecular weight excluding hydrogens is 233 g/mol. The van der Waals surface area contributed by atoms with Crippen molar-refractivity contribution >= 4 is 17.7 Å². The van der Waals surface area contributed by atoms with Gasteiger partial charge in [0.05, 0.1) is 13.0 Å². The molecule has 0 aliphatic carbocycles. The predicted molar refractivity (Wildman–Crippen MR) is 56.9 cm³/mol. The molecular formula is C11H12LiNO5. The molecule has 0 saturated heterocycles. The van der Waals surface area contributed by atoms with E-state index in [-0.39, 0.29) is 55.3 Å². The van der Waals surface area contributed by atoms with E-state index in [1.54, 1.807) is 6.92 Å². The fourth-order valence-electron chi connectivity index (χ4n) is 1.19. The maximum absolute atomic E-state index is 11.5. The number of ketones is 1. The number of carboxylic acid groups (broad SMARTS) is 1. The normalized spacial score (nSPS) is 9.39. The molecule has 1 aromatic rings. The Hall–Kier alpha value is -1.51. The molecule has 1 rings (SSSR count). The molecule has 0 amide bonds. The Morgan fingerprint density at radius 2 is 2.00 bits per heavy atom. The number of esters is 1. The molecule has 0 radical (unpaired) electrons. The molecule has 1 N–H and O–H groups in total. The number of carbonyl (C=O) groups excluding carboxylic acids is 2. The van der Waals surface area contributed by atoms with Gasteiger partial charge in [-0.25, -0.2) is 4.79 Å². The molecule has 0 fully saturated rings. The largest absolute Gasteiger partial charge is 1.00 e. The number of nitrogens with zero attached hydrogens (tertiary/aromatic N) is 1. The van der Waals surface area contributed by atoms with E-state index in [4.69, 9.17) is 9.84 Å². The summed E-state index contributed by atoms with van der Waals surface area (Å²) in [4.78, 5) is 36.8. The second kappa shape index (κ2) is 7.74. The molecule has 1 aromatic heterocycles. The third kappa shape index (κ3) is 4.78. The van der Waals surface area contributed by atoms with Crippen molar-refractivity contribution < 1.29 is 43.1 Å². The van der Waals surface area contributed by atoms with E-state index in [9.17, 15) is 14.4 Å². The minimum atomic E-state index is -1.04. The Morgan fingerprint density at radius 1 is 1.33 bits per heavy atom. The van der Waals surface area contributed by atoms with Gasteiger partial charge in [0.1, 0.15) is 0 Å². The summed E-state index contributed by atoms with van der Waals surface area (Å²) in [6, 6.07) is 1.31. The number of aliphatic carboxylic acids is 1. The summed E-state index contributed by atoms with van der Waals surface area (Å²) in [6.07, 6.45) is 0.901. The number of carbonyl (C=O) groups is 3. The standard InChI is InChI=1S/C11H13NO5.Li/c1-2-17-11(16)8-5-7(6-12-8)9(13)3-4-10(14)15;/h5-6H,2-4H2,1H3,(H2,12,13,14,15,16);/q;+1/p-1. The van der Waals surface area contributed by atoms with Gasteiger partial charge in [-0.1, -0.05) is 6.07 Å². The van der Waals surface area contributed by atoms with Crippen molar-refractivity contribution in [2.75, 3.05) is 6.61 Å². The molecule has 18 heavy (non-hydrogen) atoms. The molecule has 7 heteroatoms. The van der Waals surface area contributed by atoms with Crippen LogP contribution in [-0.4, -0.2) is 29.4 Å². The summed E-state index contributed by atoms with van der Waals surface area (Å²) < 4.78 is 4.71. The van der Waals surface area contributed by atoms with Crippen LogP contribution in [-0.2, 0) is 9.53 Å². The van der Waals surface area contributed by atoms with Crippen LogP contribution in [0, 0.1) is 0 Å². The quantitative estimate of drug-likeness (QED) is 0.349. The Balaban J connectivity index is 0.00000289. The van der Waals surface area contributed by atoms with E-state index in [0.29, 0.717) is 0 Å². The minimum absolute atomic E-state index is 0. The predicted octanol–water partition coefficient (Wildman–Crippen LogP) is -2.13. The van der Waals surface area contributed by atoms with Crippen molar-refractivity contribution in [2.45, 2.75) is 19.8 Å². The first-order chi connectivity index (χ1) is 8.04. The molecule has 6 nitrogen and oxygen atoms in total. The summed E-state index contributed by atoms with van der Waals surface area (Å²) in [6.45, 7) is 1.90. The fraction of sp³-hybridized carbons (Fsp3) is 0.364. The summed E-state index contributed by atoms with van der Waals surface area (Å²) in [5.74, 6) is -1.98. The number of carboxylic acids is 1. The van der Waals surface area contributed by atoms with E-state index >= 15 is 0 Å². The van der Waals surface area contributed by atoms with Crippen LogP contribution in [0.5, 0.6) is 0 Å². The van der Waals surface area contributed by atoms with E-state index in [2.05, 4.69) is 4.98 Å². The Kier molecular flexibility index (Phi) is 7.09. The monoisotopic (exact) mass is 245 g/mol. The van der Waals surface area contributed by atoms with Crippen LogP contribution >= 0.6 is 0 Å². The van der Waals surface area contributed by atoms with Crippen molar-refractivity contribution in [2.24, 2.45) is 0 Å². The SMILES string of the molecule is CCOC(=O)c1cc(C(=O)CCC(=O)O)c[n-]1.[Li+]. The van der Waals surface area contributed by atoms with E-state index in [0.717, 1.165) is 0 Å². The zero-order valence-corrected chi connectivity index (χ0v) is 10.3. The van der Waals surface area contributed by atoms with Crippen LogP contribution < -0.4 is 23.8 Å².